The van der Waals surface area contributed by atoms with E-state index in [2.05, 4.69) is 27.0 Å². The van der Waals surface area contributed by atoms with Crippen molar-refractivity contribution in [3.63, 3.8) is 0 Å². The summed E-state index contributed by atoms with van der Waals surface area (Å²) >= 11 is 0. The summed E-state index contributed by atoms with van der Waals surface area (Å²) in [5, 5.41) is 1.16. The first kappa shape index (κ1) is 9.66. The maximum absolute atomic E-state index is 5.99. The fourth-order valence-electron chi connectivity index (χ4n) is 2.35. The summed E-state index contributed by atoms with van der Waals surface area (Å²) in [5.41, 5.74) is 8.12. The van der Waals surface area contributed by atoms with Crippen molar-refractivity contribution in [3.8, 4) is 0 Å². The number of rotatable bonds is 1. The van der Waals surface area contributed by atoms with Crippen LogP contribution in [-0.4, -0.2) is 29.1 Å². The van der Waals surface area contributed by atoms with Gasteiger partial charge in [0.15, 0.2) is 0 Å². The average molecular weight is 216 g/mol. The Morgan fingerprint density at radius 2 is 2.44 bits per heavy atom. The number of nitrogens with two attached hydrogens (primary N) is 1. The smallest absolute Gasteiger partial charge is 0.137 e. The number of nitrogens with zero attached hydrogens (tertiary/aromatic N) is 2. The van der Waals surface area contributed by atoms with Gasteiger partial charge in [-0.2, -0.15) is 0 Å². The standard InChI is InChI=1S/C12H16N4/c13-10-2-1-5-16(8-10)11-6-9-3-4-14-12(9)15-7-11/h3-4,6-7,10H,1-2,5,8,13H2,(H,14,15). The molecule has 1 unspecified atom stereocenters. The van der Waals surface area contributed by atoms with Gasteiger partial charge in [-0.25, -0.2) is 4.98 Å². The first-order chi connectivity index (χ1) is 7.83. The second kappa shape index (κ2) is 3.79. The third-order valence-corrected chi connectivity index (χ3v) is 3.21. The molecule has 0 aromatic carbocycles. The van der Waals surface area contributed by atoms with Gasteiger partial charge in [-0.1, -0.05) is 0 Å². The molecule has 4 nitrogen and oxygen atoms in total. The van der Waals surface area contributed by atoms with Gasteiger partial charge < -0.3 is 15.6 Å². The lowest BCUT2D eigenvalue weighted by molar-refractivity contribution is 0.506. The van der Waals surface area contributed by atoms with Crippen molar-refractivity contribution in [1.82, 2.24) is 9.97 Å². The van der Waals surface area contributed by atoms with Crippen LogP contribution in [0.2, 0.25) is 0 Å². The van der Waals surface area contributed by atoms with E-state index in [-0.39, 0.29) is 0 Å². The Balaban J connectivity index is 1.92. The first-order valence-electron chi connectivity index (χ1n) is 5.76. The van der Waals surface area contributed by atoms with Crippen LogP contribution in [-0.2, 0) is 0 Å². The maximum atomic E-state index is 5.99. The molecule has 0 bridgehead atoms. The molecule has 1 atom stereocenters. The van der Waals surface area contributed by atoms with Crippen molar-refractivity contribution in [1.29, 1.82) is 0 Å². The molecule has 1 saturated heterocycles. The first-order valence-corrected chi connectivity index (χ1v) is 5.76. The van der Waals surface area contributed by atoms with Crippen molar-refractivity contribution in [2.75, 3.05) is 18.0 Å². The lowest BCUT2D eigenvalue weighted by Gasteiger charge is -2.32. The van der Waals surface area contributed by atoms with Gasteiger partial charge >= 0.3 is 0 Å². The number of piperidine rings is 1. The van der Waals surface area contributed by atoms with Gasteiger partial charge in [0.2, 0.25) is 0 Å². The van der Waals surface area contributed by atoms with Crippen LogP contribution in [0.25, 0.3) is 11.0 Å². The second-order valence-corrected chi connectivity index (χ2v) is 4.46. The number of aromatic amines is 1. The molecule has 0 saturated carbocycles. The van der Waals surface area contributed by atoms with Crippen molar-refractivity contribution >= 4 is 16.7 Å². The molecule has 4 heteroatoms. The SMILES string of the molecule is NC1CCCN(c2cnc3[nH]ccc3c2)C1. The number of aromatic nitrogens is 2. The van der Waals surface area contributed by atoms with Gasteiger partial charge in [0.05, 0.1) is 11.9 Å². The van der Waals surface area contributed by atoms with Crippen LogP contribution in [0.3, 0.4) is 0 Å². The molecule has 2 aromatic rings. The highest BCUT2D eigenvalue weighted by Crippen LogP contribution is 2.22. The minimum absolute atomic E-state index is 0.302. The molecule has 1 aliphatic heterocycles. The van der Waals surface area contributed by atoms with Gasteiger partial charge in [0.1, 0.15) is 5.65 Å². The highest BCUT2D eigenvalue weighted by Gasteiger charge is 2.17. The molecule has 16 heavy (non-hydrogen) atoms. The summed E-state index contributed by atoms with van der Waals surface area (Å²) in [4.78, 5) is 9.83. The second-order valence-electron chi connectivity index (χ2n) is 4.46. The van der Waals surface area contributed by atoms with E-state index in [1.807, 2.05) is 12.4 Å². The number of hydrogen-bond acceptors (Lipinski definition) is 3. The fourth-order valence-corrected chi connectivity index (χ4v) is 2.35. The molecule has 3 heterocycles. The molecular formula is C12H16N4. The van der Waals surface area contributed by atoms with Crippen molar-refractivity contribution < 1.29 is 0 Å². The average Bonchev–Trinajstić information content (AvgIpc) is 2.75. The minimum atomic E-state index is 0.302. The van der Waals surface area contributed by atoms with Gasteiger partial charge in [0.25, 0.3) is 0 Å². The molecule has 0 amide bonds. The van der Waals surface area contributed by atoms with Gasteiger partial charge in [-0.3, -0.25) is 0 Å². The van der Waals surface area contributed by atoms with Crippen molar-refractivity contribution in [2.24, 2.45) is 5.73 Å². The van der Waals surface area contributed by atoms with E-state index in [1.54, 1.807) is 0 Å². The van der Waals surface area contributed by atoms with Gasteiger partial charge in [0, 0.05) is 30.7 Å². The maximum Gasteiger partial charge on any atom is 0.137 e. The molecule has 0 spiro atoms. The zero-order chi connectivity index (χ0) is 11.0. The van der Waals surface area contributed by atoms with Gasteiger partial charge in [-0.15, -0.1) is 0 Å². The van der Waals surface area contributed by atoms with E-state index in [4.69, 9.17) is 5.73 Å². The number of anilines is 1. The monoisotopic (exact) mass is 216 g/mol. The predicted molar refractivity (Wildman–Crippen MR) is 65.5 cm³/mol. The predicted octanol–water partition coefficient (Wildman–Crippen LogP) is 1.49. The van der Waals surface area contributed by atoms with Crippen LogP contribution in [0.15, 0.2) is 24.5 Å². The third kappa shape index (κ3) is 1.65. The molecule has 0 radical (unpaired) electrons. The molecule has 1 fully saturated rings. The quantitative estimate of drug-likeness (QED) is 0.759. The summed E-state index contributed by atoms with van der Waals surface area (Å²) in [6.07, 6.45) is 6.16. The van der Waals surface area contributed by atoms with Crippen LogP contribution in [0, 0.1) is 0 Å². The molecule has 3 rings (SSSR count). The van der Waals surface area contributed by atoms with Crippen LogP contribution in [0.5, 0.6) is 0 Å². The van der Waals surface area contributed by atoms with Crippen molar-refractivity contribution in [3.05, 3.63) is 24.5 Å². The van der Waals surface area contributed by atoms with Crippen LogP contribution in [0.4, 0.5) is 5.69 Å². The molecule has 2 aromatic heterocycles. The lowest BCUT2D eigenvalue weighted by atomic mass is 10.1. The van der Waals surface area contributed by atoms with E-state index in [1.165, 1.54) is 12.1 Å². The van der Waals surface area contributed by atoms with Crippen LogP contribution >= 0.6 is 0 Å². The Kier molecular flexibility index (Phi) is 2.29. The van der Waals surface area contributed by atoms with E-state index in [9.17, 15) is 0 Å². The summed E-state index contributed by atoms with van der Waals surface area (Å²) in [7, 11) is 0. The highest BCUT2D eigenvalue weighted by atomic mass is 15.2. The highest BCUT2D eigenvalue weighted by molar-refractivity contribution is 5.79. The van der Waals surface area contributed by atoms with E-state index >= 15 is 0 Å². The van der Waals surface area contributed by atoms with Crippen molar-refractivity contribution in [2.45, 2.75) is 18.9 Å². The minimum Gasteiger partial charge on any atom is -0.369 e. The van der Waals surface area contributed by atoms with Crippen LogP contribution in [0.1, 0.15) is 12.8 Å². The lowest BCUT2D eigenvalue weighted by Crippen LogP contribution is -2.42. The summed E-state index contributed by atoms with van der Waals surface area (Å²) < 4.78 is 0. The Bertz CT molecular complexity index is 490. The summed E-state index contributed by atoms with van der Waals surface area (Å²) in [5.74, 6) is 0. The molecule has 0 aliphatic carbocycles. The topological polar surface area (TPSA) is 57.9 Å². The van der Waals surface area contributed by atoms with E-state index in [0.29, 0.717) is 6.04 Å². The Morgan fingerprint density at radius 3 is 3.31 bits per heavy atom. The number of pyridine rings is 1. The Labute approximate surface area is 94.5 Å². The summed E-state index contributed by atoms with van der Waals surface area (Å²) in [6.45, 7) is 2.03. The van der Waals surface area contributed by atoms with Crippen LogP contribution < -0.4 is 10.6 Å². The normalized spacial score (nSPS) is 21.6. The third-order valence-electron chi connectivity index (χ3n) is 3.21. The largest absolute Gasteiger partial charge is 0.369 e. The van der Waals surface area contributed by atoms with E-state index < -0.39 is 0 Å². The fraction of sp³-hybridized carbons (Fsp3) is 0.417. The Morgan fingerprint density at radius 1 is 1.50 bits per heavy atom. The number of hydrogen-bond donors (Lipinski definition) is 2. The molecule has 3 N–H and O–H groups in total. The van der Waals surface area contributed by atoms with E-state index in [0.717, 1.165) is 30.5 Å². The zero-order valence-electron chi connectivity index (χ0n) is 9.19. The zero-order valence-corrected chi connectivity index (χ0v) is 9.19. The van der Waals surface area contributed by atoms with Gasteiger partial charge in [-0.05, 0) is 25.0 Å². The molecule has 84 valence electrons. The molecule has 1 aliphatic rings. The molecular weight excluding hydrogens is 200 g/mol. The number of fused-ring (bicyclic) bond motifs is 1. The Hall–Kier alpha value is -1.55. The number of nitrogens with one attached hydrogen (secondary N) is 1. The number of H-pyrrole nitrogens is 1. The summed E-state index contributed by atoms with van der Waals surface area (Å²) in [6, 6.07) is 4.53.